The SMILES string of the molecule is Cc1cccc(NC(=O)c2nn([C@@H]3CCS(=O)(=O)C3)c3c2CCCC3)n1. The number of hydrogen-bond donors (Lipinski definition) is 1. The molecule has 0 aromatic carbocycles. The topological polar surface area (TPSA) is 94.0 Å². The molecule has 7 nitrogen and oxygen atoms in total. The maximum atomic E-state index is 12.8. The van der Waals surface area contributed by atoms with Crippen LogP contribution in [0.4, 0.5) is 5.82 Å². The van der Waals surface area contributed by atoms with E-state index in [0.29, 0.717) is 17.9 Å². The highest BCUT2D eigenvalue weighted by Crippen LogP contribution is 2.31. The molecular formula is C18H22N4O3S. The molecule has 4 rings (SSSR count). The molecule has 2 aliphatic rings. The molecule has 138 valence electrons. The third-order valence-electron chi connectivity index (χ3n) is 5.11. The highest BCUT2D eigenvalue weighted by molar-refractivity contribution is 7.91. The summed E-state index contributed by atoms with van der Waals surface area (Å²) in [5.74, 6) is 0.529. The Morgan fingerprint density at radius 3 is 2.81 bits per heavy atom. The lowest BCUT2D eigenvalue weighted by molar-refractivity contribution is 0.102. The van der Waals surface area contributed by atoms with Crippen molar-refractivity contribution < 1.29 is 13.2 Å². The molecule has 0 spiro atoms. The molecule has 2 aromatic rings. The number of nitrogens with one attached hydrogen (secondary N) is 1. The van der Waals surface area contributed by atoms with Crippen LogP contribution >= 0.6 is 0 Å². The van der Waals surface area contributed by atoms with Gasteiger partial charge in [0.25, 0.3) is 5.91 Å². The summed E-state index contributed by atoms with van der Waals surface area (Å²) in [6.45, 7) is 1.87. The first-order valence-corrected chi connectivity index (χ1v) is 10.8. The molecule has 1 amide bonds. The molecule has 1 aliphatic carbocycles. The smallest absolute Gasteiger partial charge is 0.277 e. The van der Waals surface area contributed by atoms with Gasteiger partial charge >= 0.3 is 0 Å². The first-order chi connectivity index (χ1) is 12.4. The number of fused-ring (bicyclic) bond motifs is 1. The van der Waals surface area contributed by atoms with E-state index in [0.717, 1.165) is 42.6 Å². The summed E-state index contributed by atoms with van der Waals surface area (Å²) in [6.07, 6.45) is 4.27. The standard InChI is InChI=1S/C18H22N4O3S/c1-12-5-4-8-16(19-12)20-18(23)17-14-6-2-3-7-15(14)22(21-17)13-9-10-26(24,25)11-13/h4-5,8,13H,2-3,6-7,9-11H2,1H3,(H,19,20,23)/t13-/m1/s1. The molecule has 1 atom stereocenters. The second-order valence-corrected chi connectivity index (χ2v) is 9.33. The first kappa shape index (κ1) is 17.2. The van der Waals surface area contributed by atoms with Gasteiger partial charge in [0, 0.05) is 17.0 Å². The molecule has 0 saturated carbocycles. The van der Waals surface area contributed by atoms with Crippen LogP contribution in [0.1, 0.15) is 52.7 Å². The van der Waals surface area contributed by atoms with Crippen molar-refractivity contribution >= 4 is 21.6 Å². The Labute approximate surface area is 152 Å². The van der Waals surface area contributed by atoms with E-state index < -0.39 is 9.84 Å². The van der Waals surface area contributed by atoms with Gasteiger partial charge in [-0.1, -0.05) is 6.07 Å². The van der Waals surface area contributed by atoms with Gasteiger partial charge in [-0.05, 0) is 51.2 Å². The number of rotatable bonds is 3. The molecular weight excluding hydrogens is 352 g/mol. The number of amides is 1. The van der Waals surface area contributed by atoms with Crippen LogP contribution in [0.15, 0.2) is 18.2 Å². The van der Waals surface area contributed by atoms with Crippen LogP contribution in [-0.2, 0) is 22.7 Å². The number of nitrogens with zero attached hydrogens (tertiary/aromatic N) is 3. The van der Waals surface area contributed by atoms with Crippen LogP contribution in [0.25, 0.3) is 0 Å². The Balaban J connectivity index is 1.67. The minimum Gasteiger partial charge on any atom is -0.305 e. The van der Waals surface area contributed by atoms with Crippen molar-refractivity contribution in [1.29, 1.82) is 0 Å². The molecule has 1 saturated heterocycles. The molecule has 0 bridgehead atoms. The van der Waals surface area contributed by atoms with E-state index in [2.05, 4.69) is 15.4 Å². The summed E-state index contributed by atoms with van der Waals surface area (Å²) in [4.78, 5) is 17.1. The van der Waals surface area contributed by atoms with E-state index in [1.54, 1.807) is 6.07 Å². The van der Waals surface area contributed by atoms with Crippen molar-refractivity contribution in [3.63, 3.8) is 0 Å². The van der Waals surface area contributed by atoms with Crippen LogP contribution in [-0.4, -0.2) is 40.6 Å². The Hall–Kier alpha value is -2.22. The fourth-order valence-electron chi connectivity index (χ4n) is 3.87. The van der Waals surface area contributed by atoms with Crippen molar-refractivity contribution in [1.82, 2.24) is 14.8 Å². The van der Waals surface area contributed by atoms with Gasteiger partial charge in [0.05, 0.1) is 17.5 Å². The minimum absolute atomic E-state index is 0.113. The Morgan fingerprint density at radius 2 is 2.08 bits per heavy atom. The molecule has 0 unspecified atom stereocenters. The molecule has 3 heterocycles. The number of hydrogen-bond acceptors (Lipinski definition) is 5. The van der Waals surface area contributed by atoms with Gasteiger partial charge in [-0.15, -0.1) is 0 Å². The lowest BCUT2D eigenvalue weighted by Gasteiger charge is -2.17. The van der Waals surface area contributed by atoms with Gasteiger partial charge in [0.2, 0.25) is 0 Å². The van der Waals surface area contributed by atoms with Crippen LogP contribution in [0.3, 0.4) is 0 Å². The van der Waals surface area contributed by atoms with Crippen LogP contribution in [0.5, 0.6) is 0 Å². The molecule has 2 aromatic heterocycles. The number of aryl methyl sites for hydroxylation is 1. The predicted molar refractivity (Wildman–Crippen MR) is 98.1 cm³/mol. The van der Waals surface area contributed by atoms with E-state index in [-0.39, 0.29) is 23.5 Å². The fourth-order valence-corrected chi connectivity index (χ4v) is 5.56. The number of carbonyl (C=O) groups excluding carboxylic acids is 1. The van der Waals surface area contributed by atoms with Crippen molar-refractivity contribution in [2.75, 3.05) is 16.8 Å². The molecule has 26 heavy (non-hydrogen) atoms. The Bertz CT molecular complexity index is 965. The number of sulfone groups is 1. The van der Waals surface area contributed by atoms with E-state index in [9.17, 15) is 13.2 Å². The maximum absolute atomic E-state index is 12.8. The summed E-state index contributed by atoms with van der Waals surface area (Å²) in [5.41, 5.74) is 3.23. The van der Waals surface area contributed by atoms with E-state index >= 15 is 0 Å². The summed E-state index contributed by atoms with van der Waals surface area (Å²) in [6, 6.07) is 5.30. The molecule has 8 heteroatoms. The molecule has 1 aliphatic heterocycles. The monoisotopic (exact) mass is 374 g/mol. The van der Waals surface area contributed by atoms with E-state index in [1.807, 2.05) is 23.7 Å². The zero-order chi connectivity index (χ0) is 18.3. The predicted octanol–water partition coefficient (Wildman–Crippen LogP) is 2.08. The van der Waals surface area contributed by atoms with Gasteiger partial charge in [0.15, 0.2) is 15.5 Å². The first-order valence-electron chi connectivity index (χ1n) is 8.99. The van der Waals surface area contributed by atoms with Gasteiger partial charge in [-0.3, -0.25) is 9.48 Å². The van der Waals surface area contributed by atoms with Gasteiger partial charge in [0.1, 0.15) is 5.82 Å². The number of aromatic nitrogens is 3. The summed E-state index contributed by atoms with van der Waals surface area (Å²) < 4.78 is 25.6. The van der Waals surface area contributed by atoms with Crippen LogP contribution < -0.4 is 5.32 Å². The second kappa shape index (κ2) is 6.50. The van der Waals surface area contributed by atoms with Crippen molar-refractivity contribution in [2.24, 2.45) is 0 Å². The Kier molecular flexibility index (Phi) is 4.30. The number of carbonyl (C=O) groups is 1. The molecule has 0 radical (unpaired) electrons. The zero-order valence-electron chi connectivity index (χ0n) is 14.7. The van der Waals surface area contributed by atoms with Gasteiger partial charge in [-0.25, -0.2) is 13.4 Å². The third-order valence-corrected chi connectivity index (χ3v) is 6.86. The molecule has 1 N–H and O–H groups in total. The van der Waals surface area contributed by atoms with E-state index in [1.165, 1.54) is 0 Å². The van der Waals surface area contributed by atoms with Crippen molar-refractivity contribution in [3.05, 3.63) is 40.8 Å². The maximum Gasteiger partial charge on any atom is 0.277 e. The average molecular weight is 374 g/mol. The summed E-state index contributed by atoms with van der Waals surface area (Å²) >= 11 is 0. The van der Waals surface area contributed by atoms with E-state index in [4.69, 9.17) is 0 Å². The van der Waals surface area contributed by atoms with Gasteiger partial charge < -0.3 is 5.32 Å². The van der Waals surface area contributed by atoms with Crippen molar-refractivity contribution in [2.45, 2.75) is 45.1 Å². The number of pyridine rings is 1. The van der Waals surface area contributed by atoms with Crippen LogP contribution in [0.2, 0.25) is 0 Å². The fraction of sp³-hybridized carbons (Fsp3) is 0.500. The molecule has 1 fully saturated rings. The van der Waals surface area contributed by atoms with Crippen LogP contribution in [0, 0.1) is 6.92 Å². The lowest BCUT2D eigenvalue weighted by atomic mass is 9.95. The normalized spacial score (nSPS) is 21.3. The average Bonchev–Trinajstić information content (AvgIpc) is 3.15. The highest BCUT2D eigenvalue weighted by atomic mass is 32.2. The third kappa shape index (κ3) is 3.25. The number of anilines is 1. The minimum atomic E-state index is -3.01. The Morgan fingerprint density at radius 1 is 1.27 bits per heavy atom. The highest BCUT2D eigenvalue weighted by Gasteiger charge is 2.34. The second-order valence-electron chi connectivity index (χ2n) is 7.10. The van der Waals surface area contributed by atoms with Crippen molar-refractivity contribution in [3.8, 4) is 0 Å². The largest absolute Gasteiger partial charge is 0.305 e. The summed E-state index contributed by atoms with van der Waals surface area (Å²) in [5, 5.41) is 7.40. The zero-order valence-corrected chi connectivity index (χ0v) is 15.6. The lowest BCUT2D eigenvalue weighted by Crippen LogP contribution is -2.17. The quantitative estimate of drug-likeness (QED) is 0.888. The van der Waals surface area contributed by atoms with Gasteiger partial charge in [-0.2, -0.15) is 5.10 Å². The summed E-state index contributed by atoms with van der Waals surface area (Å²) in [7, 11) is -3.01.